The van der Waals surface area contributed by atoms with Crippen LogP contribution in [0.15, 0.2) is 48.9 Å². The third kappa shape index (κ3) is 34.8. The van der Waals surface area contributed by atoms with Crippen molar-refractivity contribution in [3.8, 4) is 0 Å². The van der Waals surface area contributed by atoms with Gasteiger partial charge in [-0.3, -0.25) is 24.0 Å². The monoisotopic (exact) mass is 2020 g/mol. The Labute approximate surface area is 827 Å². The highest BCUT2D eigenvalue weighted by molar-refractivity contribution is 5.78. The van der Waals surface area contributed by atoms with E-state index >= 15 is 0 Å². The minimum absolute atomic E-state index is 0.000476. The summed E-state index contributed by atoms with van der Waals surface area (Å²) in [6, 6.07) is 7.89. The van der Waals surface area contributed by atoms with Crippen molar-refractivity contribution in [2.75, 3.05) is 205 Å². The number of aromatic nitrogens is 9. The van der Waals surface area contributed by atoms with Gasteiger partial charge in [0.15, 0.2) is 36.2 Å². The van der Waals surface area contributed by atoms with E-state index in [1.807, 2.05) is 71.9 Å². The fourth-order valence-corrected chi connectivity index (χ4v) is 18.1. The van der Waals surface area contributed by atoms with Crippen molar-refractivity contribution in [1.82, 2.24) is 71.6 Å². The summed E-state index contributed by atoms with van der Waals surface area (Å²) in [6.07, 6.45) is 5.69. The number of hydrogen-bond donors (Lipinski definition) is 5. The van der Waals surface area contributed by atoms with Gasteiger partial charge in [-0.15, -0.1) is 15.3 Å². The second kappa shape index (κ2) is 56.0. The van der Waals surface area contributed by atoms with Crippen LogP contribution in [0.5, 0.6) is 0 Å². The third-order valence-electron chi connectivity index (χ3n) is 24.6. The number of ether oxygens (including phenoxy) is 28. The van der Waals surface area contributed by atoms with Crippen molar-refractivity contribution >= 4 is 35.5 Å². The summed E-state index contributed by atoms with van der Waals surface area (Å²) in [4.78, 5) is 75.6. The highest BCUT2D eigenvalue weighted by Crippen LogP contribution is 2.50. The number of unbranched alkanes of at least 4 members (excludes halogenated alkanes) is 5. The van der Waals surface area contributed by atoms with E-state index < -0.39 is 119 Å². The van der Waals surface area contributed by atoms with Crippen molar-refractivity contribution in [2.24, 2.45) is 0 Å². The average Bonchev–Trinajstić information content (AvgIpc) is 1.57. The summed E-state index contributed by atoms with van der Waals surface area (Å²) in [6.45, 7) is 24.8. The summed E-state index contributed by atoms with van der Waals surface area (Å²) in [5, 5.41) is 40.8. The minimum atomic E-state index is -1.30. The van der Waals surface area contributed by atoms with E-state index in [0.29, 0.717) is 221 Å². The molecule has 9 fully saturated rings. The van der Waals surface area contributed by atoms with E-state index in [1.54, 1.807) is 32.6 Å². The standard InChI is InChI=1S/C94H148N14O34/c1-66(109)96-75-78-81(137-88(4,5)134-78)92(63-131-84(75)140-92)60-124-47-44-121-41-38-118-35-32-115-29-26-106-50-70(100-103-106)54-127-57-91(99-74(113)24-18-11-10-16-22-73(112)23-17-13-19-25-95-87(114)130-53-69-20-14-12-15-21-69,58-128-55-71-51-107(104-101-71)27-30-116-33-36-119-39-42-122-45-48-125-61-93-64-132-85(141-93)76(97-67(2)110)79-82(93)138-89(6,7)135-79)59-129-56-72-52-108(105-102-72)28-31-117-34-37-120-40-43-123-46-49-126-62-94-65-133-86(142-94)77(98-68(3)111)80-83(94)139-90(8,9)136-80/h12,14-15,20-21,50-52,75-86H,10-11,13,16-19,22-49,53-65H2,1-9H3,(H,95,114)(H,96,109)(H,97,110)(H,98,111)(H,99,113)/t75-,76-,77-,78-,79-,80-,81-,82-,83-,84+,85+,86+,92+,93+,94+/m1/s1. The van der Waals surface area contributed by atoms with E-state index in [4.69, 9.17) is 133 Å². The van der Waals surface area contributed by atoms with Crippen molar-refractivity contribution in [3.05, 3.63) is 71.6 Å². The highest BCUT2D eigenvalue weighted by Gasteiger charge is 2.69. The Kier molecular flexibility index (Phi) is 44.0. The number of hydrogen-bond acceptors (Lipinski definition) is 40. The van der Waals surface area contributed by atoms with Gasteiger partial charge in [0.25, 0.3) is 0 Å². The molecule has 9 aliphatic rings. The van der Waals surface area contributed by atoms with Crippen LogP contribution in [0.1, 0.15) is 149 Å². The molecule has 0 saturated carbocycles. The third-order valence-corrected chi connectivity index (χ3v) is 24.6. The first-order valence-corrected chi connectivity index (χ1v) is 49.5. The van der Waals surface area contributed by atoms with Crippen molar-refractivity contribution in [1.29, 1.82) is 0 Å². The molecule has 9 aliphatic heterocycles. The Bertz CT molecular complexity index is 4100. The lowest BCUT2D eigenvalue weighted by Gasteiger charge is -2.42. The first-order chi connectivity index (χ1) is 68.7. The molecular weight excluding hydrogens is 1870 g/mol. The lowest BCUT2D eigenvalue weighted by molar-refractivity contribution is -0.214. The molecule has 0 aliphatic carbocycles. The maximum absolute atomic E-state index is 14.4. The summed E-state index contributed by atoms with van der Waals surface area (Å²) < 4.78 is 174. The molecule has 13 rings (SSSR count). The van der Waals surface area contributed by atoms with E-state index in [0.717, 1.165) is 24.8 Å². The van der Waals surface area contributed by atoms with E-state index in [9.17, 15) is 28.8 Å². The topological polar surface area (TPSA) is 513 Å². The lowest BCUT2D eigenvalue weighted by Crippen LogP contribution is -2.65. The van der Waals surface area contributed by atoms with Crippen LogP contribution in [-0.4, -0.2) is 399 Å². The molecule has 48 heteroatoms. The molecule has 3 aromatic heterocycles. The molecule has 15 atom stereocenters. The molecule has 9 saturated heterocycles. The number of alkyl carbamates (subject to hydrolysis) is 1. The van der Waals surface area contributed by atoms with Crippen LogP contribution in [0.4, 0.5) is 4.79 Å². The number of fused-ring (bicyclic) bond motifs is 12. The molecule has 12 heterocycles. The predicted molar refractivity (Wildman–Crippen MR) is 490 cm³/mol. The zero-order valence-electron chi connectivity index (χ0n) is 83.4. The number of nitrogens with one attached hydrogen (secondary N) is 5. The molecule has 0 spiro atoms. The Hall–Kier alpha value is -7.62. The number of amides is 5. The molecule has 798 valence electrons. The summed E-state index contributed by atoms with van der Waals surface area (Å²) in [5.74, 6) is -3.40. The first kappa shape index (κ1) is 112. The quantitative estimate of drug-likeness (QED) is 0.0396. The second-order valence-electron chi connectivity index (χ2n) is 38.0. The van der Waals surface area contributed by atoms with Gasteiger partial charge in [-0.05, 0) is 72.8 Å². The van der Waals surface area contributed by atoms with Crippen molar-refractivity contribution in [3.63, 3.8) is 0 Å². The maximum Gasteiger partial charge on any atom is 0.407 e. The molecule has 48 nitrogen and oxygen atoms in total. The molecule has 1 aromatic carbocycles. The molecule has 142 heavy (non-hydrogen) atoms. The van der Waals surface area contributed by atoms with Gasteiger partial charge in [0.2, 0.25) is 23.6 Å². The molecule has 0 radical (unpaired) electrons. The largest absolute Gasteiger partial charge is 0.445 e. The average molecular weight is 2020 g/mol. The number of rotatable bonds is 73. The van der Waals surface area contributed by atoms with Gasteiger partial charge in [0, 0.05) is 46.6 Å². The van der Waals surface area contributed by atoms with Crippen LogP contribution in [0.3, 0.4) is 0 Å². The Balaban J connectivity index is 0.541. The number of benzene rings is 1. The SMILES string of the molecule is CC(=O)N[C@H]1[C@H]2OC[C@](COCCOCCOCCOCCn3cc(COCC(COCc4cn(CCOCCOCCOCCOC[C@@]56CO[C@@H](O5)[C@H](NC(C)=O)[C@H]5OC(C)(C)O[C@H]56)nn4)(COCc4cn(CCOCCOCCOCCOC[C@@]56CO[C@@H](O5)[C@H](NC(C)=O)[C@H]5OC(C)(C)O[C@H]56)nn4)NC(=O)CCCCCCC(=O)CCCCCNC(=O)OCc4ccccc4)nn3)(O2)[C@@H]2OC(C)(C)O[C@H]12. The van der Waals surface area contributed by atoms with Gasteiger partial charge < -0.3 is 159 Å². The Morgan fingerprint density at radius 3 is 1.03 bits per heavy atom. The zero-order valence-corrected chi connectivity index (χ0v) is 83.4. The van der Waals surface area contributed by atoms with Gasteiger partial charge in [-0.1, -0.05) is 65.2 Å². The number of carbonyl (C=O) groups is 6. The molecule has 5 N–H and O–H groups in total. The van der Waals surface area contributed by atoms with Crippen molar-refractivity contribution < 1.29 is 161 Å². The smallest absolute Gasteiger partial charge is 0.407 e. The second-order valence-corrected chi connectivity index (χ2v) is 38.0. The van der Waals surface area contributed by atoms with Crippen LogP contribution >= 0.6 is 0 Å². The molecule has 0 unspecified atom stereocenters. The number of Topliss-reactive ketones (excluding diaryl/α,β-unsaturated/α-hetero) is 1. The first-order valence-electron chi connectivity index (χ1n) is 49.5. The van der Waals surface area contributed by atoms with Gasteiger partial charge >= 0.3 is 6.09 Å². The molecule has 4 aromatic rings. The highest BCUT2D eigenvalue weighted by atomic mass is 16.8. The fraction of sp³-hybridized carbons (Fsp3) is 0.809. The number of carbonyl (C=O) groups excluding carboxylic acids is 6. The van der Waals surface area contributed by atoms with E-state index in [1.165, 1.54) is 20.8 Å². The predicted octanol–water partition coefficient (Wildman–Crippen LogP) is 2.31. The van der Waals surface area contributed by atoms with E-state index in [2.05, 4.69) is 57.5 Å². The van der Waals surface area contributed by atoms with Crippen LogP contribution in [-0.2, 0) is 203 Å². The van der Waals surface area contributed by atoms with Crippen molar-refractivity contribution in [2.45, 2.75) is 286 Å². The fourth-order valence-electron chi connectivity index (χ4n) is 18.1. The minimum Gasteiger partial charge on any atom is -0.445 e. The van der Waals surface area contributed by atoms with E-state index in [-0.39, 0.29) is 122 Å². The maximum atomic E-state index is 14.4. The molecule has 5 amide bonds. The van der Waals surface area contributed by atoms with Gasteiger partial charge in [-0.25, -0.2) is 18.8 Å². The van der Waals surface area contributed by atoms with Crippen LogP contribution in [0, 0.1) is 0 Å². The van der Waals surface area contributed by atoms with Crippen LogP contribution < -0.4 is 26.6 Å². The Morgan fingerprint density at radius 2 is 0.690 bits per heavy atom. The molecule has 6 bridgehead atoms. The number of ketones is 1. The normalized spacial score (nSPS) is 26.2. The summed E-state index contributed by atoms with van der Waals surface area (Å²) in [7, 11) is 0. The van der Waals surface area contributed by atoms with Gasteiger partial charge in [0.05, 0.1) is 256 Å². The van der Waals surface area contributed by atoms with Gasteiger partial charge in [-0.2, -0.15) is 0 Å². The van der Waals surface area contributed by atoms with Crippen LogP contribution in [0.25, 0.3) is 0 Å². The van der Waals surface area contributed by atoms with Gasteiger partial charge in [0.1, 0.15) is 107 Å². The summed E-state index contributed by atoms with van der Waals surface area (Å²) >= 11 is 0. The zero-order chi connectivity index (χ0) is 100. The Morgan fingerprint density at radius 1 is 0.373 bits per heavy atom. The molecular formula is C94H148N14O34. The number of nitrogens with zero attached hydrogens (tertiary/aromatic N) is 9. The van der Waals surface area contributed by atoms with Crippen LogP contribution in [0.2, 0.25) is 0 Å². The lowest BCUT2D eigenvalue weighted by atomic mass is 9.88. The summed E-state index contributed by atoms with van der Waals surface area (Å²) in [5.41, 5.74) is -1.56.